The van der Waals surface area contributed by atoms with Gasteiger partial charge in [0.2, 0.25) is 0 Å². The monoisotopic (exact) mass is 301 g/mol. The van der Waals surface area contributed by atoms with E-state index in [1.54, 1.807) is 0 Å². The van der Waals surface area contributed by atoms with Crippen molar-refractivity contribution in [2.45, 2.75) is 6.04 Å². The van der Waals surface area contributed by atoms with Gasteiger partial charge in [-0.3, -0.25) is 9.69 Å². The molecular weight excluding hydrogens is 278 g/mol. The number of hydrogen-bond donors (Lipinski definition) is 1. The first-order valence-corrected chi connectivity index (χ1v) is 7.30. The van der Waals surface area contributed by atoms with E-state index in [0.717, 1.165) is 5.69 Å². The summed E-state index contributed by atoms with van der Waals surface area (Å²) < 4.78 is 7.51. The molecule has 1 aromatic carbocycles. The number of carbonyl (C=O) groups is 1. The molecular formula is C17H23N3O2. The summed E-state index contributed by atoms with van der Waals surface area (Å²) in [5.74, 6) is 0.578. The number of nitrogens with one attached hydrogen (secondary N) is 1. The topological polar surface area (TPSA) is 46.5 Å². The number of benzene rings is 1. The summed E-state index contributed by atoms with van der Waals surface area (Å²) in [6, 6.07) is 13.5. The summed E-state index contributed by atoms with van der Waals surface area (Å²) in [4.78, 5) is 14.0. The Balaban J connectivity index is 1.85. The number of rotatable bonds is 7. The van der Waals surface area contributed by atoms with Crippen LogP contribution in [0.5, 0.6) is 5.75 Å². The molecule has 1 amide bonds. The highest BCUT2D eigenvalue weighted by atomic mass is 16.5. The standard InChI is InChI=1S/C17H23N3O2/c1-19(2)16(15-10-7-11-20(15)3)12-18-17(21)13-22-14-8-5-4-6-9-14/h4-11,16H,12-13H2,1-3H3,(H,18,21). The van der Waals surface area contributed by atoms with Crippen molar-refractivity contribution in [3.63, 3.8) is 0 Å². The van der Waals surface area contributed by atoms with Crippen molar-refractivity contribution in [3.8, 4) is 5.75 Å². The molecule has 0 spiro atoms. The molecule has 0 radical (unpaired) electrons. The van der Waals surface area contributed by atoms with E-state index in [2.05, 4.69) is 20.9 Å². The first-order valence-electron chi connectivity index (χ1n) is 7.30. The maximum absolute atomic E-state index is 11.9. The van der Waals surface area contributed by atoms with E-state index >= 15 is 0 Å². The smallest absolute Gasteiger partial charge is 0.258 e. The van der Waals surface area contributed by atoms with E-state index in [0.29, 0.717) is 12.3 Å². The minimum Gasteiger partial charge on any atom is -0.484 e. The fraction of sp³-hybridized carbons (Fsp3) is 0.353. The number of para-hydroxylation sites is 1. The average Bonchev–Trinajstić information content (AvgIpc) is 2.92. The summed E-state index contributed by atoms with van der Waals surface area (Å²) in [6.07, 6.45) is 2.01. The predicted molar refractivity (Wildman–Crippen MR) is 86.8 cm³/mol. The second-order valence-corrected chi connectivity index (χ2v) is 5.43. The number of carbonyl (C=O) groups excluding carboxylic acids is 1. The van der Waals surface area contributed by atoms with Gasteiger partial charge in [0.25, 0.3) is 5.91 Å². The second-order valence-electron chi connectivity index (χ2n) is 5.43. The van der Waals surface area contributed by atoms with Gasteiger partial charge in [-0.05, 0) is 38.4 Å². The highest BCUT2D eigenvalue weighted by molar-refractivity contribution is 5.77. The molecule has 0 aliphatic heterocycles. The Labute approximate surface area is 131 Å². The molecule has 0 aliphatic rings. The molecule has 5 heteroatoms. The van der Waals surface area contributed by atoms with E-state index in [9.17, 15) is 4.79 Å². The second kappa shape index (κ2) is 7.66. The van der Waals surface area contributed by atoms with Crippen molar-refractivity contribution >= 4 is 5.91 Å². The fourth-order valence-electron chi connectivity index (χ4n) is 2.30. The molecule has 1 unspecified atom stereocenters. The van der Waals surface area contributed by atoms with Crippen molar-refractivity contribution < 1.29 is 9.53 Å². The van der Waals surface area contributed by atoms with E-state index < -0.39 is 0 Å². The van der Waals surface area contributed by atoms with Crippen LogP contribution in [0.15, 0.2) is 48.7 Å². The normalized spacial score (nSPS) is 12.2. The Morgan fingerprint density at radius 3 is 2.55 bits per heavy atom. The predicted octanol–water partition coefficient (Wildman–Crippen LogP) is 1.82. The largest absolute Gasteiger partial charge is 0.484 e. The minimum atomic E-state index is -0.120. The third kappa shape index (κ3) is 4.36. The molecule has 0 saturated heterocycles. The summed E-state index contributed by atoms with van der Waals surface area (Å²) in [5.41, 5.74) is 1.16. The molecule has 5 nitrogen and oxygen atoms in total. The van der Waals surface area contributed by atoms with Crippen LogP contribution in [0.2, 0.25) is 0 Å². The molecule has 1 atom stereocenters. The van der Waals surface area contributed by atoms with Gasteiger partial charge in [0.05, 0.1) is 6.04 Å². The number of nitrogens with zero attached hydrogens (tertiary/aromatic N) is 2. The first kappa shape index (κ1) is 16.1. The fourth-order valence-corrected chi connectivity index (χ4v) is 2.30. The van der Waals surface area contributed by atoms with Gasteiger partial charge < -0.3 is 14.6 Å². The lowest BCUT2D eigenvalue weighted by molar-refractivity contribution is -0.123. The Bertz CT molecular complexity index is 593. The van der Waals surface area contributed by atoms with Gasteiger partial charge in [0.1, 0.15) is 5.75 Å². The molecule has 118 valence electrons. The molecule has 0 saturated carbocycles. The SMILES string of the molecule is CN(C)C(CNC(=O)COc1ccccc1)c1cccn1C. The number of amides is 1. The molecule has 1 aromatic heterocycles. The van der Waals surface area contributed by atoms with Gasteiger partial charge in [-0.1, -0.05) is 18.2 Å². The van der Waals surface area contributed by atoms with Crippen molar-refractivity contribution in [2.75, 3.05) is 27.2 Å². The maximum atomic E-state index is 11.9. The molecule has 1 heterocycles. The van der Waals surface area contributed by atoms with Gasteiger partial charge >= 0.3 is 0 Å². The third-order valence-electron chi connectivity index (χ3n) is 3.55. The van der Waals surface area contributed by atoms with Crippen molar-refractivity contribution in [1.29, 1.82) is 0 Å². The van der Waals surface area contributed by atoms with E-state index in [4.69, 9.17) is 4.74 Å². The molecule has 2 rings (SSSR count). The molecule has 0 aliphatic carbocycles. The van der Waals surface area contributed by atoms with Crippen LogP contribution in [0.4, 0.5) is 0 Å². The van der Waals surface area contributed by atoms with Crippen LogP contribution in [0, 0.1) is 0 Å². The third-order valence-corrected chi connectivity index (χ3v) is 3.55. The van der Waals surface area contributed by atoms with Gasteiger partial charge in [-0.15, -0.1) is 0 Å². The quantitative estimate of drug-likeness (QED) is 0.848. The molecule has 22 heavy (non-hydrogen) atoms. The molecule has 2 aromatic rings. The van der Waals surface area contributed by atoms with E-state index in [-0.39, 0.29) is 18.6 Å². The average molecular weight is 301 g/mol. The zero-order valence-corrected chi connectivity index (χ0v) is 13.3. The summed E-state index contributed by atoms with van der Waals surface area (Å²) in [5, 5.41) is 2.93. The van der Waals surface area contributed by atoms with Crippen LogP contribution in [0.1, 0.15) is 11.7 Å². The van der Waals surface area contributed by atoms with Crippen molar-refractivity contribution in [1.82, 2.24) is 14.8 Å². The van der Waals surface area contributed by atoms with Crippen molar-refractivity contribution in [2.24, 2.45) is 7.05 Å². The Hall–Kier alpha value is -2.27. The zero-order valence-electron chi connectivity index (χ0n) is 13.3. The number of hydrogen-bond acceptors (Lipinski definition) is 3. The lowest BCUT2D eigenvalue weighted by Crippen LogP contribution is -2.37. The lowest BCUT2D eigenvalue weighted by atomic mass is 10.2. The van der Waals surface area contributed by atoms with Crippen LogP contribution in [-0.2, 0) is 11.8 Å². The number of likely N-dealkylation sites (N-methyl/N-ethyl adjacent to an activating group) is 1. The van der Waals surface area contributed by atoms with Crippen LogP contribution in [0.25, 0.3) is 0 Å². The minimum absolute atomic E-state index is 0.0251. The van der Waals surface area contributed by atoms with Crippen LogP contribution >= 0.6 is 0 Å². The highest BCUT2D eigenvalue weighted by Crippen LogP contribution is 2.17. The summed E-state index contributed by atoms with van der Waals surface area (Å²) in [6.45, 7) is 0.569. The van der Waals surface area contributed by atoms with Gasteiger partial charge in [0, 0.05) is 25.5 Å². The number of ether oxygens (including phenoxy) is 1. The van der Waals surface area contributed by atoms with E-state index in [1.165, 1.54) is 0 Å². The van der Waals surface area contributed by atoms with Crippen LogP contribution < -0.4 is 10.1 Å². The van der Waals surface area contributed by atoms with Gasteiger partial charge in [-0.25, -0.2) is 0 Å². The zero-order chi connectivity index (χ0) is 15.9. The molecule has 1 N–H and O–H groups in total. The van der Waals surface area contributed by atoms with Crippen LogP contribution in [-0.4, -0.2) is 42.6 Å². The number of aromatic nitrogens is 1. The molecule has 0 fully saturated rings. The van der Waals surface area contributed by atoms with Crippen molar-refractivity contribution in [3.05, 3.63) is 54.4 Å². The summed E-state index contributed by atoms with van der Waals surface area (Å²) >= 11 is 0. The maximum Gasteiger partial charge on any atom is 0.258 e. The Kier molecular flexibility index (Phi) is 5.61. The Morgan fingerprint density at radius 1 is 1.23 bits per heavy atom. The van der Waals surface area contributed by atoms with Gasteiger partial charge in [0.15, 0.2) is 6.61 Å². The van der Waals surface area contributed by atoms with Crippen LogP contribution in [0.3, 0.4) is 0 Å². The first-order chi connectivity index (χ1) is 10.6. The Morgan fingerprint density at radius 2 is 1.95 bits per heavy atom. The van der Waals surface area contributed by atoms with Gasteiger partial charge in [-0.2, -0.15) is 0 Å². The lowest BCUT2D eigenvalue weighted by Gasteiger charge is -2.25. The highest BCUT2D eigenvalue weighted by Gasteiger charge is 2.17. The summed E-state index contributed by atoms with van der Waals surface area (Å²) in [7, 11) is 6.01. The van der Waals surface area contributed by atoms with E-state index in [1.807, 2.05) is 63.7 Å². The number of aryl methyl sites for hydroxylation is 1. The molecule has 0 bridgehead atoms.